The van der Waals surface area contributed by atoms with Crippen LogP contribution >= 0.6 is 22.9 Å². The molecule has 0 spiro atoms. The van der Waals surface area contributed by atoms with Gasteiger partial charge in [0.2, 0.25) is 0 Å². The van der Waals surface area contributed by atoms with Crippen LogP contribution in [0, 0.1) is 0 Å². The average Bonchev–Trinajstić information content (AvgIpc) is 3.18. The SMILES string of the molecule is CC(C)(C)c1cc(Oc2ccccc2-c2csc(NC3=NCCCC3)n2)ccc1Cl. The second kappa shape index (κ2) is 8.78. The van der Waals surface area contributed by atoms with E-state index in [4.69, 9.17) is 21.3 Å². The minimum Gasteiger partial charge on any atom is -0.457 e. The molecule has 0 saturated carbocycles. The molecule has 0 amide bonds. The molecule has 1 aromatic heterocycles. The van der Waals surface area contributed by atoms with Crippen molar-refractivity contribution in [3.05, 3.63) is 58.4 Å². The molecule has 30 heavy (non-hydrogen) atoms. The minimum absolute atomic E-state index is 0.0622. The maximum Gasteiger partial charge on any atom is 0.188 e. The predicted molar refractivity (Wildman–Crippen MR) is 128 cm³/mol. The molecule has 0 fully saturated rings. The number of para-hydroxylation sites is 1. The van der Waals surface area contributed by atoms with Gasteiger partial charge in [-0.15, -0.1) is 11.3 Å². The van der Waals surface area contributed by atoms with E-state index in [1.165, 1.54) is 12.8 Å². The molecule has 1 N–H and O–H groups in total. The highest BCUT2D eigenvalue weighted by molar-refractivity contribution is 7.14. The van der Waals surface area contributed by atoms with E-state index < -0.39 is 0 Å². The van der Waals surface area contributed by atoms with Gasteiger partial charge in [0, 0.05) is 28.9 Å². The maximum atomic E-state index is 6.41. The second-order valence-electron chi connectivity index (χ2n) is 8.44. The summed E-state index contributed by atoms with van der Waals surface area (Å²) >= 11 is 8.00. The quantitative estimate of drug-likeness (QED) is 0.456. The molecule has 0 atom stereocenters. The Morgan fingerprint density at radius 1 is 1.10 bits per heavy atom. The van der Waals surface area contributed by atoms with Gasteiger partial charge in [0.05, 0.1) is 5.69 Å². The normalized spacial score (nSPS) is 14.3. The zero-order valence-electron chi connectivity index (χ0n) is 17.5. The third-order valence-corrected chi connectivity index (χ3v) is 6.10. The van der Waals surface area contributed by atoms with Gasteiger partial charge in [0.15, 0.2) is 5.13 Å². The molecule has 1 aliphatic rings. The predicted octanol–water partition coefficient (Wildman–Crippen LogP) is 7.55. The Bertz CT molecular complexity index is 1070. The van der Waals surface area contributed by atoms with Crippen LogP contribution in [0.1, 0.15) is 45.6 Å². The first-order chi connectivity index (χ1) is 14.4. The third-order valence-electron chi connectivity index (χ3n) is 5.02. The number of thiazole rings is 1. The van der Waals surface area contributed by atoms with Crippen molar-refractivity contribution in [1.82, 2.24) is 4.98 Å². The average molecular weight is 440 g/mol. The Morgan fingerprint density at radius 3 is 2.70 bits per heavy atom. The molecule has 6 heteroatoms. The summed E-state index contributed by atoms with van der Waals surface area (Å²) in [6.07, 6.45) is 3.33. The van der Waals surface area contributed by atoms with Crippen LogP contribution in [0.3, 0.4) is 0 Å². The Balaban J connectivity index is 1.59. The lowest BCUT2D eigenvalue weighted by Gasteiger charge is -2.21. The van der Waals surface area contributed by atoms with Crippen molar-refractivity contribution in [2.45, 2.75) is 45.4 Å². The summed E-state index contributed by atoms with van der Waals surface area (Å²) in [6.45, 7) is 7.33. The van der Waals surface area contributed by atoms with Gasteiger partial charge in [-0.2, -0.15) is 0 Å². The molecule has 4 rings (SSSR count). The second-order valence-corrected chi connectivity index (χ2v) is 9.70. The van der Waals surface area contributed by atoms with Gasteiger partial charge in [-0.25, -0.2) is 4.98 Å². The van der Waals surface area contributed by atoms with E-state index in [1.807, 2.05) is 42.5 Å². The molecular formula is C24H26ClN3OS. The number of nitrogens with zero attached hydrogens (tertiary/aromatic N) is 2. The van der Waals surface area contributed by atoms with E-state index in [0.717, 1.165) is 57.3 Å². The van der Waals surface area contributed by atoms with Crippen molar-refractivity contribution in [2.24, 2.45) is 4.99 Å². The minimum atomic E-state index is -0.0622. The Hall–Kier alpha value is -2.37. The van der Waals surface area contributed by atoms with Gasteiger partial charge < -0.3 is 10.1 Å². The summed E-state index contributed by atoms with van der Waals surface area (Å²) in [5, 5.41) is 7.04. The number of hydrogen-bond acceptors (Lipinski definition) is 5. The first kappa shape index (κ1) is 20.9. The zero-order chi connectivity index (χ0) is 21.1. The molecule has 4 nitrogen and oxygen atoms in total. The summed E-state index contributed by atoms with van der Waals surface area (Å²) < 4.78 is 6.28. The van der Waals surface area contributed by atoms with Crippen molar-refractivity contribution >= 4 is 33.9 Å². The standard InChI is InChI=1S/C24H26ClN3OS/c1-24(2,3)18-14-16(11-12-19(18)25)29-21-9-5-4-8-17(21)20-15-30-23(27-20)28-22-10-6-7-13-26-22/h4-5,8-9,11-12,14-15H,6-7,10,13H2,1-3H3,(H,26,27,28). The van der Waals surface area contributed by atoms with E-state index in [-0.39, 0.29) is 5.41 Å². The van der Waals surface area contributed by atoms with Crippen LogP contribution in [0.2, 0.25) is 5.02 Å². The summed E-state index contributed by atoms with van der Waals surface area (Å²) in [5.41, 5.74) is 2.85. The Morgan fingerprint density at radius 2 is 1.93 bits per heavy atom. The van der Waals surface area contributed by atoms with Crippen molar-refractivity contribution in [2.75, 3.05) is 11.9 Å². The van der Waals surface area contributed by atoms with Crippen LogP contribution < -0.4 is 10.1 Å². The highest BCUT2D eigenvalue weighted by atomic mass is 35.5. The highest BCUT2D eigenvalue weighted by Gasteiger charge is 2.19. The number of halogens is 1. The van der Waals surface area contributed by atoms with Crippen molar-refractivity contribution in [3.8, 4) is 22.8 Å². The molecule has 1 aliphatic heterocycles. The molecule has 3 aromatic rings. The summed E-state index contributed by atoms with van der Waals surface area (Å²) in [5.74, 6) is 2.57. The highest BCUT2D eigenvalue weighted by Crippen LogP contribution is 2.38. The van der Waals surface area contributed by atoms with Crippen LogP contribution in [-0.2, 0) is 5.41 Å². The van der Waals surface area contributed by atoms with Gasteiger partial charge in [0.1, 0.15) is 17.3 Å². The van der Waals surface area contributed by atoms with Gasteiger partial charge >= 0.3 is 0 Å². The van der Waals surface area contributed by atoms with E-state index in [0.29, 0.717) is 0 Å². The fourth-order valence-corrected chi connectivity index (χ4v) is 4.55. The van der Waals surface area contributed by atoms with Gasteiger partial charge in [-0.05, 0) is 54.2 Å². The number of rotatable bonds is 4. The largest absolute Gasteiger partial charge is 0.457 e. The topological polar surface area (TPSA) is 46.5 Å². The van der Waals surface area contributed by atoms with E-state index >= 15 is 0 Å². The molecule has 2 aromatic carbocycles. The molecule has 0 unspecified atom stereocenters. The number of benzene rings is 2. The fourth-order valence-electron chi connectivity index (χ4n) is 3.41. The number of aromatic nitrogens is 1. The van der Waals surface area contributed by atoms with Crippen molar-refractivity contribution < 1.29 is 4.74 Å². The lowest BCUT2D eigenvalue weighted by atomic mass is 9.87. The first-order valence-electron chi connectivity index (χ1n) is 10.2. The number of anilines is 1. The van der Waals surface area contributed by atoms with Crippen molar-refractivity contribution in [1.29, 1.82) is 0 Å². The van der Waals surface area contributed by atoms with Crippen LogP contribution in [0.4, 0.5) is 5.13 Å². The maximum absolute atomic E-state index is 6.41. The third kappa shape index (κ3) is 4.85. The van der Waals surface area contributed by atoms with Crippen LogP contribution in [0.5, 0.6) is 11.5 Å². The number of ether oxygens (including phenoxy) is 1. The molecule has 0 bridgehead atoms. The summed E-state index contributed by atoms with van der Waals surface area (Å²) in [7, 11) is 0. The molecule has 2 heterocycles. The molecule has 0 saturated heterocycles. The summed E-state index contributed by atoms with van der Waals surface area (Å²) in [4.78, 5) is 9.33. The van der Waals surface area contributed by atoms with Crippen LogP contribution in [0.25, 0.3) is 11.3 Å². The lowest BCUT2D eigenvalue weighted by Crippen LogP contribution is -2.15. The smallest absolute Gasteiger partial charge is 0.188 e. The van der Waals surface area contributed by atoms with E-state index in [9.17, 15) is 0 Å². The molecular weight excluding hydrogens is 414 g/mol. The Labute approximate surface area is 187 Å². The van der Waals surface area contributed by atoms with Gasteiger partial charge in [-0.3, -0.25) is 4.99 Å². The monoisotopic (exact) mass is 439 g/mol. The van der Waals surface area contributed by atoms with Gasteiger partial charge in [0.25, 0.3) is 0 Å². The Kier molecular flexibility index (Phi) is 6.11. The van der Waals surface area contributed by atoms with E-state index in [2.05, 4.69) is 36.5 Å². The number of aliphatic imine (C=N–C) groups is 1. The number of hydrogen-bond donors (Lipinski definition) is 1. The molecule has 0 radical (unpaired) electrons. The molecule has 156 valence electrons. The fraction of sp³-hybridized carbons (Fsp3) is 0.333. The number of nitrogens with one attached hydrogen (secondary N) is 1. The zero-order valence-corrected chi connectivity index (χ0v) is 19.1. The van der Waals surface area contributed by atoms with Crippen molar-refractivity contribution in [3.63, 3.8) is 0 Å². The van der Waals surface area contributed by atoms with Gasteiger partial charge in [-0.1, -0.05) is 44.5 Å². The first-order valence-corrected chi connectivity index (χ1v) is 11.5. The number of amidine groups is 1. The van der Waals surface area contributed by atoms with E-state index in [1.54, 1.807) is 11.3 Å². The van der Waals surface area contributed by atoms with Crippen LogP contribution in [0.15, 0.2) is 52.8 Å². The van der Waals surface area contributed by atoms with Crippen LogP contribution in [-0.4, -0.2) is 17.4 Å². The lowest BCUT2D eigenvalue weighted by molar-refractivity contribution is 0.480. The summed E-state index contributed by atoms with van der Waals surface area (Å²) in [6, 6.07) is 13.8. The molecule has 0 aliphatic carbocycles.